The fourth-order valence-corrected chi connectivity index (χ4v) is 3.55. The van der Waals surface area contributed by atoms with Crippen LogP contribution in [0.5, 0.6) is 0 Å². The second-order valence-electron chi connectivity index (χ2n) is 4.30. The molecule has 5 nitrogen and oxygen atoms in total. The highest BCUT2D eigenvalue weighted by Gasteiger charge is 2.55. The molecule has 14 heavy (non-hydrogen) atoms. The van der Waals surface area contributed by atoms with Crippen molar-refractivity contribution in [2.45, 2.75) is 25.9 Å². The second-order valence-corrected chi connectivity index (χ2v) is 6.49. The van der Waals surface area contributed by atoms with Gasteiger partial charge in [-0.1, -0.05) is 0 Å². The zero-order valence-electron chi connectivity index (χ0n) is 8.15. The molecule has 0 aliphatic carbocycles. The predicted molar refractivity (Wildman–Crippen MR) is 49.6 cm³/mol. The molecule has 1 atom stereocenters. The maximum absolute atomic E-state index is 11.2. The van der Waals surface area contributed by atoms with Crippen LogP contribution in [0, 0.1) is 5.41 Å². The smallest absolute Gasteiger partial charge is 0.312 e. The largest absolute Gasteiger partial charge is 0.481 e. The van der Waals surface area contributed by atoms with E-state index in [1.54, 1.807) is 0 Å². The van der Waals surface area contributed by atoms with E-state index in [0.717, 1.165) is 0 Å². The summed E-state index contributed by atoms with van der Waals surface area (Å²) in [5, 5.41) is 18.8. The molecular weight excluding hydrogens is 208 g/mol. The van der Waals surface area contributed by atoms with Gasteiger partial charge in [-0.3, -0.25) is 4.79 Å². The summed E-state index contributed by atoms with van der Waals surface area (Å²) in [4.78, 5) is 10.9. The molecule has 1 saturated heterocycles. The third kappa shape index (κ3) is 1.64. The van der Waals surface area contributed by atoms with E-state index in [-0.39, 0.29) is 12.2 Å². The summed E-state index contributed by atoms with van der Waals surface area (Å²) in [6.07, 6.45) is -0.00532. The minimum atomic E-state index is -3.28. The summed E-state index contributed by atoms with van der Waals surface area (Å²) in [5.41, 5.74) is -3.08. The molecule has 0 amide bonds. The average molecular weight is 222 g/mol. The minimum Gasteiger partial charge on any atom is -0.481 e. The van der Waals surface area contributed by atoms with E-state index in [2.05, 4.69) is 0 Å². The van der Waals surface area contributed by atoms with E-state index < -0.39 is 32.6 Å². The number of carboxylic acids is 1. The molecule has 1 unspecified atom stereocenters. The van der Waals surface area contributed by atoms with Crippen molar-refractivity contribution in [3.8, 4) is 0 Å². The highest BCUT2D eigenvalue weighted by molar-refractivity contribution is 7.91. The van der Waals surface area contributed by atoms with Crippen molar-refractivity contribution in [1.82, 2.24) is 0 Å². The zero-order valence-corrected chi connectivity index (χ0v) is 8.97. The lowest BCUT2D eigenvalue weighted by atomic mass is 9.74. The molecule has 2 N–H and O–H groups in total. The summed E-state index contributed by atoms with van der Waals surface area (Å²) >= 11 is 0. The summed E-state index contributed by atoms with van der Waals surface area (Å²) in [5.74, 6) is -1.78. The quantitative estimate of drug-likeness (QED) is 0.666. The van der Waals surface area contributed by atoms with Crippen molar-refractivity contribution in [3.05, 3.63) is 0 Å². The molecule has 0 aromatic carbocycles. The van der Waals surface area contributed by atoms with Gasteiger partial charge in [0, 0.05) is 0 Å². The van der Waals surface area contributed by atoms with Gasteiger partial charge >= 0.3 is 5.97 Å². The molecule has 0 aromatic rings. The van der Waals surface area contributed by atoms with E-state index >= 15 is 0 Å². The Labute approximate surface area is 82.7 Å². The van der Waals surface area contributed by atoms with Gasteiger partial charge in [-0.05, 0) is 20.3 Å². The number of hydrogen-bond acceptors (Lipinski definition) is 4. The molecule has 1 aliphatic heterocycles. The summed E-state index contributed by atoms with van der Waals surface area (Å²) in [6, 6.07) is 0. The van der Waals surface area contributed by atoms with E-state index in [9.17, 15) is 18.3 Å². The lowest BCUT2D eigenvalue weighted by Gasteiger charge is -2.34. The Hall–Kier alpha value is -0.620. The lowest BCUT2D eigenvalue weighted by molar-refractivity contribution is -0.161. The lowest BCUT2D eigenvalue weighted by Crippen LogP contribution is -2.50. The van der Waals surface area contributed by atoms with Gasteiger partial charge in [0.15, 0.2) is 9.84 Å². The van der Waals surface area contributed by atoms with Crippen LogP contribution in [0.1, 0.15) is 20.3 Å². The van der Waals surface area contributed by atoms with Crippen LogP contribution in [0.2, 0.25) is 0 Å². The standard InChI is InChI=1S/C8H14O5S/c1-7(2,6(9)10)8(11)3-4-14(12,13)5-8/h11H,3-5H2,1-2H3,(H,9,10). The highest BCUT2D eigenvalue weighted by atomic mass is 32.2. The SMILES string of the molecule is CC(C)(C(=O)O)C1(O)CCS(=O)(=O)C1. The third-order valence-electron chi connectivity index (χ3n) is 2.98. The first kappa shape index (κ1) is 11.5. The van der Waals surface area contributed by atoms with Gasteiger partial charge in [0.05, 0.1) is 22.5 Å². The average Bonchev–Trinajstić information content (AvgIpc) is 2.26. The van der Waals surface area contributed by atoms with Crippen LogP contribution in [-0.4, -0.2) is 41.7 Å². The van der Waals surface area contributed by atoms with Crippen LogP contribution >= 0.6 is 0 Å². The van der Waals surface area contributed by atoms with Crippen LogP contribution in [0.25, 0.3) is 0 Å². The molecule has 1 heterocycles. The highest BCUT2D eigenvalue weighted by Crippen LogP contribution is 2.39. The summed E-state index contributed by atoms with van der Waals surface area (Å²) in [6.45, 7) is 2.69. The number of sulfone groups is 1. The van der Waals surface area contributed by atoms with Gasteiger partial charge in [-0.25, -0.2) is 8.42 Å². The number of aliphatic hydroxyl groups is 1. The molecule has 1 aliphatic rings. The molecule has 82 valence electrons. The normalized spacial score (nSPS) is 31.6. The first-order valence-electron chi connectivity index (χ1n) is 4.27. The van der Waals surface area contributed by atoms with E-state index in [0.29, 0.717) is 0 Å². The van der Waals surface area contributed by atoms with Crippen LogP contribution < -0.4 is 0 Å². The van der Waals surface area contributed by atoms with Crippen molar-refractivity contribution in [2.24, 2.45) is 5.41 Å². The van der Waals surface area contributed by atoms with Crippen LogP contribution in [-0.2, 0) is 14.6 Å². The summed E-state index contributed by atoms with van der Waals surface area (Å²) in [7, 11) is -3.28. The van der Waals surface area contributed by atoms with Gasteiger partial charge < -0.3 is 10.2 Å². The van der Waals surface area contributed by atoms with Crippen molar-refractivity contribution in [1.29, 1.82) is 0 Å². The first-order chi connectivity index (χ1) is 6.11. The number of rotatable bonds is 2. The fraction of sp³-hybridized carbons (Fsp3) is 0.875. The minimum absolute atomic E-state index is 0.00532. The van der Waals surface area contributed by atoms with E-state index in [1.807, 2.05) is 0 Å². The van der Waals surface area contributed by atoms with Crippen LogP contribution in [0.4, 0.5) is 0 Å². The Morgan fingerprint density at radius 3 is 2.21 bits per heavy atom. The summed E-state index contributed by atoms with van der Waals surface area (Å²) < 4.78 is 22.3. The van der Waals surface area contributed by atoms with Crippen LogP contribution in [0.15, 0.2) is 0 Å². The molecule has 6 heteroatoms. The molecule has 0 bridgehead atoms. The Bertz CT molecular complexity index is 356. The topological polar surface area (TPSA) is 91.7 Å². The Morgan fingerprint density at radius 2 is 1.93 bits per heavy atom. The molecule has 0 saturated carbocycles. The Kier molecular flexibility index (Phi) is 2.40. The van der Waals surface area contributed by atoms with Crippen molar-refractivity contribution in [3.63, 3.8) is 0 Å². The molecular formula is C8H14O5S. The number of carbonyl (C=O) groups is 1. The number of carboxylic acid groups (broad SMARTS) is 1. The monoisotopic (exact) mass is 222 g/mol. The molecule has 0 aromatic heterocycles. The number of aliphatic carboxylic acids is 1. The third-order valence-corrected chi connectivity index (χ3v) is 4.73. The van der Waals surface area contributed by atoms with Crippen molar-refractivity contribution < 1.29 is 23.4 Å². The van der Waals surface area contributed by atoms with Gasteiger partial charge in [0.2, 0.25) is 0 Å². The van der Waals surface area contributed by atoms with E-state index in [4.69, 9.17) is 5.11 Å². The molecule has 1 fully saturated rings. The molecule has 1 rings (SSSR count). The fourth-order valence-electron chi connectivity index (χ4n) is 1.52. The molecule has 0 spiro atoms. The Morgan fingerprint density at radius 1 is 1.43 bits per heavy atom. The number of hydrogen-bond donors (Lipinski definition) is 2. The van der Waals surface area contributed by atoms with Crippen molar-refractivity contribution in [2.75, 3.05) is 11.5 Å². The Balaban J connectivity index is 3.05. The van der Waals surface area contributed by atoms with Gasteiger partial charge in [-0.2, -0.15) is 0 Å². The van der Waals surface area contributed by atoms with Gasteiger partial charge in [0.25, 0.3) is 0 Å². The van der Waals surface area contributed by atoms with Gasteiger partial charge in [0.1, 0.15) is 0 Å². The second kappa shape index (κ2) is 2.93. The van der Waals surface area contributed by atoms with Crippen LogP contribution in [0.3, 0.4) is 0 Å². The van der Waals surface area contributed by atoms with Gasteiger partial charge in [-0.15, -0.1) is 0 Å². The molecule has 0 radical (unpaired) electrons. The predicted octanol–water partition coefficient (Wildman–Crippen LogP) is -0.353. The zero-order chi connectivity index (χ0) is 11.2. The maximum Gasteiger partial charge on any atom is 0.312 e. The van der Waals surface area contributed by atoms with Crippen molar-refractivity contribution >= 4 is 15.8 Å². The maximum atomic E-state index is 11.2. The van der Waals surface area contributed by atoms with E-state index in [1.165, 1.54) is 13.8 Å². The first-order valence-corrected chi connectivity index (χ1v) is 6.09.